The second-order valence-corrected chi connectivity index (χ2v) is 12.4. The first-order valence-corrected chi connectivity index (χ1v) is 14.6. The van der Waals surface area contributed by atoms with Gasteiger partial charge >= 0.3 is 15.6 Å². The molecule has 4 aliphatic rings. The molecule has 20 heteroatoms. The van der Waals surface area contributed by atoms with Crippen LogP contribution in [0.3, 0.4) is 0 Å². The summed E-state index contributed by atoms with van der Waals surface area (Å²) in [5, 5.41) is 42.7. The van der Waals surface area contributed by atoms with E-state index < -0.39 is 77.1 Å². The van der Waals surface area contributed by atoms with E-state index >= 15 is 0 Å². The van der Waals surface area contributed by atoms with Crippen LogP contribution in [0.1, 0.15) is 25.1 Å². The third-order valence-electron chi connectivity index (χ3n) is 7.06. The first-order chi connectivity index (χ1) is 17.8. The van der Waals surface area contributed by atoms with Gasteiger partial charge in [0.2, 0.25) is 12.0 Å². The molecule has 0 aromatic carbocycles. The smallest absolute Gasteiger partial charge is 0.390 e. The van der Waals surface area contributed by atoms with E-state index in [2.05, 4.69) is 14.3 Å². The lowest BCUT2D eigenvalue weighted by Gasteiger charge is -2.28. The van der Waals surface area contributed by atoms with Crippen LogP contribution >= 0.6 is 15.6 Å². The Labute approximate surface area is 214 Å². The van der Waals surface area contributed by atoms with E-state index in [-0.39, 0.29) is 36.4 Å². The van der Waals surface area contributed by atoms with E-state index in [1.807, 2.05) is 0 Å². The minimum atomic E-state index is -5.31. The number of nitrogens with zero attached hydrogens (tertiary/aromatic N) is 4. The van der Waals surface area contributed by atoms with E-state index in [0.717, 1.165) is 0 Å². The number of phosphoric ester groups is 2. The van der Waals surface area contributed by atoms with Gasteiger partial charge in [0.1, 0.15) is 36.8 Å². The maximum Gasteiger partial charge on any atom is 0.481 e. The molecule has 38 heavy (non-hydrogen) atoms. The number of aliphatic hydroxyl groups is 4. The second kappa shape index (κ2) is 10.1. The standard InChI is InChI=1S/C18H28N6O12P2/c19-2-1-9-7-3-8(13(26)12(7)25)23-6-22-17-11(16(23)20)21-5-24(17)18-15(28)14(27)10(34-18)4-33-37(29,30)36-38(31,32)35-9/h5-10,12-15,18,20,25-28H,1-4,19H2,(H2,29,30,31,32)/p+1/t7-,8-,9+,10-,12-,13+,14-,15-,18-/m1/s1. The third kappa shape index (κ3) is 4.90. The molecular formula is C18H29N6O12P2+. The van der Waals surface area contributed by atoms with Gasteiger partial charge in [-0.15, -0.1) is 0 Å². The minimum absolute atomic E-state index is 0.0264. The molecule has 5 heterocycles. The van der Waals surface area contributed by atoms with Crippen molar-refractivity contribution in [3.63, 3.8) is 0 Å². The van der Waals surface area contributed by atoms with Crippen LogP contribution in [0.4, 0.5) is 5.82 Å². The van der Waals surface area contributed by atoms with Crippen LogP contribution in [-0.4, -0.2) is 94.5 Å². The number of fused-ring (bicyclic) bond motifs is 7. The normalized spacial score (nSPS) is 44.0. The number of hydrogen-bond acceptors (Lipinski definition) is 14. The molecule has 6 rings (SSSR count). The number of rotatable bonds is 2. The van der Waals surface area contributed by atoms with E-state index in [4.69, 9.17) is 25.3 Å². The van der Waals surface area contributed by atoms with E-state index in [1.54, 1.807) is 0 Å². The molecule has 2 unspecified atom stereocenters. The first kappa shape index (κ1) is 27.9. The summed E-state index contributed by atoms with van der Waals surface area (Å²) in [6.45, 7) is -0.894. The molecule has 10 N–H and O–H groups in total. The number of imidazole rings is 1. The van der Waals surface area contributed by atoms with Gasteiger partial charge < -0.3 is 46.4 Å². The van der Waals surface area contributed by atoms with Crippen molar-refractivity contribution >= 4 is 32.6 Å². The lowest BCUT2D eigenvalue weighted by molar-refractivity contribution is -0.717. The van der Waals surface area contributed by atoms with Crippen LogP contribution in [0.15, 0.2) is 12.7 Å². The summed E-state index contributed by atoms with van der Waals surface area (Å²) in [6.07, 6.45) is -7.57. The molecule has 1 aliphatic carbocycles. The van der Waals surface area contributed by atoms with Crippen LogP contribution in [0.2, 0.25) is 0 Å². The summed E-state index contributed by atoms with van der Waals surface area (Å²) in [4.78, 5) is 28.8. The highest BCUT2D eigenvalue weighted by atomic mass is 31.3. The van der Waals surface area contributed by atoms with E-state index in [0.29, 0.717) is 0 Å². The van der Waals surface area contributed by atoms with Crippen LogP contribution in [0.5, 0.6) is 0 Å². The molecule has 2 fully saturated rings. The molecule has 3 aliphatic heterocycles. The number of aliphatic hydroxyl groups excluding tert-OH is 4. The van der Waals surface area contributed by atoms with Gasteiger partial charge in [0.05, 0.1) is 18.8 Å². The van der Waals surface area contributed by atoms with Gasteiger partial charge in [-0.3, -0.25) is 13.6 Å². The molecule has 18 nitrogen and oxygen atoms in total. The van der Waals surface area contributed by atoms with Crippen molar-refractivity contribution in [1.29, 1.82) is 0 Å². The summed E-state index contributed by atoms with van der Waals surface area (Å²) in [6, 6.07) is -0.884. The van der Waals surface area contributed by atoms with Gasteiger partial charge in [0.15, 0.2) is 11.7 Å². The Morgan fingerprint density at radius 3 is 2.53 bits per heavy atom. The van der Waals surface area contributed by atoms with E-state index in [1.165, 1.54) is 21.8 Å². The van der Waals surface area contributed by atoms with Gasteiger partial charge in [-0.25, -0.2) is 18.7 Å². The van der Waals surface area contributed by atoms with Crippen molar-refractivity contribution in [1.82, 2.24) is 14.5 Å². The molecule has 1 saturated carbocycles. The van der Waals surface area contributed by atoms with Crippen molar-refractivity contribution in [2.45, 2.75) is 61.7 Å². The number of anilines is 1. The Morgan fingerprint density at radius 1 is 1.08 bits per heavy atom. The van der Waals surface area contributed by atoms with Crippen molar-refractivity contribution < 1.29 is 62.0 Å². The average Bonchev–Trinajstić information content (AvgIpc) is 3.47. The molecule has 1 saturated heterocycles. The van der Waals surface area contributed by atoms with Gasteiger partial charge in [0.25, 0.3) is 5.82 Å². The Kier molecular flexibility index (Phi) is 7.41. The van der Waals surface area contributed by atoms with Crippen LogP contribution in [-0.2, 0) is 27.2 Å². The van der Waals surface area contributed by atoms with Crippen molar-refractivity contribution in [2.24, 2.45) is 11.7 Å². The molecule has 2 aromatic heterocycles. The van der Waals surface area contributed by atoms with Crippen molar-refractivity contribution in [2.75, 3.05) is 18.9 Å². The number of ether oxygens (including phenoxy) is 1. The monoisotopic (exact) mass is 583 g/mol. The zero-order valence-electron chi connectivity index (χ0n) is 19.7. The van der Waals surface area contributed by atoms with E-state index in [9.17, 15) is 39.3 Å². The summed E-state index contributed by atoms with van der Waals surface area (Å²) >= 11 is 0. The Morgan fingerprint density at radius 2 is 1.82 bits per heavy atom. The fourth-order valence-electron chi connectivity index (χ4n) is 5.22. The maximum absolute atomic E-state index is 12.7. The fourth-order valence-corrected chi connectivity index (χ4v) is 7.55. The zero-order valence-corrected chi connectivity index (χ0v) is 21.4. The van der Waals surface area contributed by atoms with Crippen molar-refractivity contribution in [3.05, 3.63) is 12.7 Å². The number of nitrogens with two attached hydrogens (primary N) is 2. The second-order valence-electron chi connectivity index (χ2n) is 9.39. The molecule has 0 amide bonds. The third-order valence-corrected chi connectivity index (χ3v) is 9.73. The summed E-state index contributed by atoms with van der Waals surface area (Å²) in [7, 11) is -10.6. The van der Waals surface area contributed by atoms with Gasteiger partial charge in [0, 0.05) is 5.92 Å². The number of phosphoric acid groups is 2. The van der Waals surface area contributed by atoms with Crippen molar-refractivity contribution in [3.8, 4) is 0 Å². The van der Waals surface area contributed by atoms with Crippen LogP contribution < -0.4 is 16.0 Å². The predicted molar refractivity (Wildman–Crippen MR) is 122 cm³/mol. The number of nitrogen functional groups attached to an aromatic ring is 1. The molecule has 8 bridgehead atoms. The Balaban J connectivity index is 1.60. The highest BCUT2D eigenvalue weighted by Gasteiger charge is 2.51. The summed E-state index contributed by atoms with van der Waals surface area (Å²) < 4.78 is 47.7. The van der Waals surface area contributed by atoms with Gasteiger partial charge in [-0.1, -0.05) is 4.98 Å². The summed E-state index contributed by atoms with van der Waals surface area (Å²) in [5.41, 5.74) is 12.3. The Hall–Kier alpha value is -1.63. The van der Waals surface area contributed by atoms with Gasteiger partial charge in [-0.05, 0) is 19.4 Å². The highest BCUT2D eigenvalue weighted by molar-refractivity contribution is 7.61. The lowest BCUT2D eigenvalue weighted by atomic mass is 9.96. The molecule has 0 spiro atoms. The number of hydrogen-bond donors (Lipinski definition) is 8. The average molecular weight is 583 g/mol. The quantitative estimate of drug-likeness (QED) is 0.131. The lowest BCUT2D eigenvalue weighted by Crippen LogP contribution is -2.48. The topological polar surface area (TPSA) is 279 Å². The fraction of sp³-hybridized carbons (Fsp3) is 0.722. The molecule has 2 aromatic rings. The highest BCUT2D eigenvalue weighted by Crippen LogP contribution is 2.62. The molecule has 11 atom stereocenters. The zero-order chi connectivity index (χ0) is 27.6. The van der Waals surface area contributed by atoms with Crippen LogP contribution in [0.25, 0.3) is 11.2 Å². The molecular weight excluding hydrogens is 554 g/mol. The Bertz CT molecular complexity index is 1300. The predicted octanol–water partition coefficient (Wildman–Crippen LogP) is -2.82. The molecule has 212 valence electrons. The number of aromatic nitrogens is 4. The minimum Gasteiger partial charge on any atom is -0.390 e. The maximum atomic E-state index is 12.7. The largest absolute Gasteiger partial charge is 0.481 e. The van der Waals surface area contributed by atoms with Gasteiger partial charge in [-0.2, -0.15) is 4.31 Å². The first-order valence-electron chi connectivity index (χ1n) is 11.6. The molecule has 0 radical (unpaired) electrons. The SMILES string of the molecule is NCC[C@@H]1OP(=O)(O)OP(=O)(O)OC[C@H]2O[C@H]([C@H](O)[C@@H]2O)n2cnc3c(N)[n+](cnc32)[C@@H]2C[C@H]1[C@@H](O)[C@H]2O. The van der Waals surface area contributed by atoms with Crippen LogP contribution in [0, 0.1) is 5.92 Å². The summed E-state index contributed by atoms with van der Waals surface area (Å²) in [5.74, 6) is -0.927.